The van der Waals surface area contributed by atoms with Gasteiger partial charge in [0.05, 0.1) is 17.2 Å². The Morgan fingerprint density at radius 1 is 1.43 bits per heavy atom. The molecule has 0 N–H and O–H groups in total. The number of carbonyl (C=O) groups is 1. The van der Waals surface area contributed by atoms with Crippen LogP contribution in [0.4, 0.5) is 0 Å². The summed E-state index contributed by atoms with van der Waals surface area (Å²) in [6.07, 6.45) is 1.62. The van der Waals surface area contributed by atoms with Crippen LogP contribution < -0.4 is 4.74 Å². The van der Waals surface area contributed by atoms with Gasteiger partial charge in [-0.2, -0.15) is 5.26 Å². The third kappa shape index (κ3) is 0.779. The summed E-state index contributed by atoms with van der Waals surface area (Å²) in [6.45, 7) is 0. The average molecular weight is 185 g/mol. The number of nitriles is 1. The Bertz CT molecular complexity index is 481. The lowest BCUT2D eigenvalue weighted by atomic mass is 10.1. The maximum absolute atomic E-state index is 11.8. The molecule has 0 saturated heterocycles. The Kier molecular flexibility index (Phi) is 1.17. The summed E-state index contributed by atoms with van der Waals surface area (Å²) in [7, 11) is 0. The molecule has 3 heteroatoms. The molecule has 68 valence electrons. The molecule has 1 fully saturated rings. The van der Waals surface area contributed by atoms with Crippen LogP contribution in [0, 0.1) is 11.3 Å². The van der Waals surface area contributed by atoms with Crippen molar-refractivity contribution in [3.63, 3.8) is 0 Å². The van der Waals surface area contributed by atoms with Crippen LogP contribution in [-0.2, 0) is 0 Å². The molecule has 2 aliphatic rings. The fourth-order valence-corrected chi connectivity index (χ4v) is 1.81. The highest BCUT2D eigenvalue weighted by atomic mass is 16.5. The molecule has 1 heterocycles. The molecule has 3 nitrogen and oxygen atoms in total. The lowest BCUT2D eigenvalue weighted by Crippen LogP contribution is -2.21. The van der Waals surface area contributed by atoms with Crippen molar-refractivity contribution in [1.29, 1.82) is 5.26 Å². The highest BCUT2D eigenvalue weighted by Crippen LogP contribution is 2.49. The van der Waals surface area contributed by atoms with Crippen molar-refractivity contribution < 1.29 is 9.53 Å². The van der Waals surface area contributed by atoms with Crippen LogP contribution in [0.1, 0.15) is 28.8 Å². The van der Waals surface area contributed by atoms with Gasteiger partial charge in [-0.25, -0.2) is 0 Å². The van der Waals surface area contributed by atoms with Crippen LogP contribution in [0.15, 0.2) is 18.2 Å². The van der Waals surface area contributed by atoms with E-state index in [9.17, 15) is 4.79 Å². The molecular weight excluding hydrogens is 178 g/mol. The molecule has 3 rings (SSSR count). The Labute approximate surface area is 80.9 Å². The minimum Gasteiger partial charge on any atom is -0.478 e. The third-order valence-electron chi connectivity index (χ3n) is 2.78. The lowest BCUT2D eigenvalue weighted by molar-refractivity contribution is 0.0820. The maximum Gasteiger partial charge on any atom is 0.210 e. The van der Waals surface area contributed by atoms with Gasteiger partial charge in [-0.05, 0) is 31.0 Å². The van der Waals surface area contributed by atoms with Gasteiger partial charge in [-0.3, -0.25) is 4.79 Å². The van der Waals surface area contributed by atoms with Gasteiger partial charge in [0.2, 0.25) is 5.78 Å². The van der Waals surface area contributed by atoms with Crippen molar-refractivity contribution in [2.75, 3.05) is 0 Å². The van der Waals surface area contributed by atoms with E-state index >= 15 is 0 Å². The predicted molar refractivity (Wildman–Crippen MR) is 48.1 cm³/mol. The van der Waals surface area contributed by atoms with Gasteiger partial charge >= 0.3 is 0 Å². The van der Waals surface area contributed by atoms with Crippen LogP contribution in [-0.4, -0.2) is 11.4 Å². The summed E-state index contributed by atoms with van der Waals surface area (Å²) < 4.78 is 5.56. The van der Waals surface area contributed by atoms with Gasteiger partial charge in [0.15, 0.2) is 5.60 Å². The van der Waals surface area contributed by atoms with Crippen LogP contribution in [0.25, 0.3) is 0 Å². The predicted octanol–water partition coefficient (Wildman–Crippen LogP) is 1.67. The molecule has 0 amide bonds. The molecule has 14 heavy (non-hydrogen) atoms. The van der Waals surface area contributed by atoms with E-state index in [0.29, 0.717) is 16.9 Å². The van der Waals surface area contributed by atoms with Crippen molar-refractivity contribution in [2.24, 2.45) is 0 Å². The van der Waals surface area contributed by atoms with E-state index in [4.69, 9.17) is 10.00 Å². The zero-order valence-electron chi connectivity index (χ0n) is 7.41. The van der Waals surface area contributed by atoms with Gasteiger partial charge in [0.1, 0.15) is 5.75 Å². The van der Waals surface area contributed by atoms with E-state index in [2.05, 4.69) is 0 Å². The number of rotatable bonds is 0. The number of hydrogen-bond donors (Lipinski definition) is 0. The number of nitrogens with zero attached hydrogens (tertiary/aromatic N) is 1. The summed E-state index contributed by atoms with van der Waals surface area (Å²) in [5, 5.41) is 8.70. The Morgan fingerprint density at radius 3 is 2.86 bits per heavy atom. The van der Waals surface area contributed by atoms with Crippen molar-refractivity contribution >= 4 is 5.78 Å². The quantitative estimate of drug-likeness (QED) is 0.617. The molecule has 1 spiro atoms. The molecule has 1 aromatic rings. The Balaban J connectivity index is 2.16. The monoisotopic (exact) mass is 185 g/mol. The normalized spacial score (nSPS) is 20.1. The Hall–Kier alpha value is -1.82. The SMILES string of the molecule is N#Cc1ccc2c(c1)C(=O)C1(CC1)O2. The van der Waals surface area contributed by atoms with Crippen molar-refractivity contribution in [2.45, 2.75) is 18.4 Å². The fourth-order valence-electron chi connectivity index (χ4n) is 1.81. The van der Waals surface area contributed by atoms with Crippen molar-refractivity contribution in [1.82, 2.24) is 0 Å². The molecular formula is C11H7NO2. The first-order chi connectivity index (χ1) is 6.75. The topological polar surface area (TPSA) is 50.1 Å². The van der Waals surface area contributed by atoms with Crippen molar-refractivity contribution in [3.8, 4) is 11.8 Å². The zero-order chi connectivity index (χ0) is 9.76. The highest BCUT2D eigenvalue weighted by molar-refractivity contribution is 6.09. The first-order valence-electron chi connectivity index (χ1n) is 4.53. The zero-order valence-corrected chi connectivity index (χ0v) is 7.41. The minimum absolute atomic E-state index is 0.0459. The molecule has 0 aromatic heterocycles. The summed E-state index contributed by atoms with van der Waals surface area (Å²) in [6, 6.07) is 7.01. The molecule has 1 aliphatic heterocycles. The van der Waals surface area contributed by atoms with Crippen LogP contribution in [0.3, 0.4) is 0 Å². The van der Waals surface area contributed by atoms with Crippen LogP contribution >= 0.6 is 0 Å². The molecule has 0 unspecified atom stereocenters. The van der Waals surface area contributed by atoms with E-state index in [1.165, 1.54) is 0 Å². The van der Waals surface area contributed by atoms with Gasteiger partial charge < -0.3 is 4.74 Å². The summed E-state index contributed by atoms with van der Waals surface area (Å²) in [4.78, 5) is 11.8. The van der Waals surface area contributed by atoms with E-state index < -0.39 is 5.60 Å². The molecule has 1 aliphatic carbocycles. The third-order valence-corrected chi connectivity index (χ3v) is 2.78. The van der Waals surface area contributed by atoms with Crippen LogP contribution in [0.2, 0.25) is 0 Å². The fraction of sp³-hybridized carbons (Fsp3) is 0.273. The molecule has 1 saturated carbocycles. The van der Waals surface area contributed by atoms with Gasteiger partial charge in [-0.1, -0.05) is 0 Å². The number of hydrogen-bond acceptors (Lipinski definition) is 3. The van der Waals surface area contributed by atoms with E-state index in [1.807, 2.05) is 6.07 Å². The van der Waals surface area contributed by atoms with Crippen molar-refractivity contribution in [3.05, 3.63) is 29.3 Å². The smallest absolute Gasteiger partial charge is 0.210 e. The largest absolute Gasteiger partial charge is 0.478 e. The number of fused-ring (bicyclic) bond motifs is 1. The minimum atomic E-state index is -0.545. The lowest BCUT2D eigenvalue weighted by Gasteiger charge is -2.03. The second-order valence-corrected chi connectivity index (χ2v) is 3.75. The molecule has 0 atom stereocenters. The van der Waals surface area contributed by atoms with Crippen LogP contribution in [0.5, 0.6) is 5.75 Å². The summed E-state index contributed by atoms with van der Waals surface area (Å²) >= 11 is 0. The Morgan fingerprint density at radius 2 is 2.21 bits per heavy atom. The second-order valence-electron chi connectivity index (χ2n) is 3.75. The average Bonchev–Trinajstić information content (AvgIpc) is 2.92. The van der Waals surface area contributed by atoms with E-state index in [-0.39, 0.29) is 5.78 Å². The van der Waals surface area contributed by atoms with E-state index in [0.717, 1.165) is 12.8 Å². The molecule has 0 bridgehead atoms. The first-order valence-corrected chi connectivity index (χ1v) is 4.53. The molecule has 0 radical (unpaired) electrons. The summed E-state index contributed by atoms with van der Waals surface area (Å²) in [5.41, 5.74) is 0.538. The number of benzene rings is 1. The number of ketones is 1. The number of carbonyl (C=O) groups excluding carboxylic acids is 1. The van der Waals surface area contributed by atoms with Gasteiger partial charge in [0.25, 0.3) is 0 Å². The highest BCUT2D eigenvalue weighted by Gasteiger charge is 2.57. The first kappa shape index (κ1) is 7.57. The van der Waals surface area contributed by atoms with E-state index in [1.54, 1.807) is 18.2 Å². The maximum atomic E-state index is 11.8. The van der Waals surface area contributed by atoms with Gasteiger partial charge in [0, 0.05) is 0 Å². The molecule has 1 aromatic carbocycles. The second kappa shape index (κ2) is 2.16. The number of Topliss-reactive ketones (excluding diaryl/α,β-unsaturated/α-hetero) is 1. The number of ether oxygens (including phenoxy) is 1. The van der Waals surface area contributed by atoms with Gasteiger partial charge in [-0.15, -0.1) is 0 Å². The summed E-state index contributed by atoms with van der Waals surface area (Å²) in [5.74, 6) is 0.677. The standard InChI is InChI=1S/C11H7NO2/c12-6-7-1-2-9-8(5-7)10(13)11(14-9)3-4-11/h1-2,5H,3-4H2.